The van der Waals surface area contributed by atoms with E-state index in [1.165, 1.54) is 0 Å². The average Bonchev–Trinajstić information content (AvgIpc) is 2.44. The Morgan fingerprint density at radius 3 is 2.81 bits per heavy atom. The first-order chi connectivity index (χ1) is 10.0. The summed E-state index contributed by atoms with van der Waals surface area (Å²) in [4.78, 5) is 12.2. The Hall–Kier alpha value is -1.26. The topological polar surface area (TPSA) is 50.4 Å². The van der Waals surface area contributed by atoms with E-state index >= 15 is 0 Å². The van der Waals surface area contributed by atoms with Gasteiger partial charge in [-0.15, -0.1) is 0 Å². The Bertz CT molecular complexity index is 450. The smallest absolute Gasteiger partial charge is 0.253 e. The molecule has 1 aromatic rings. The largest absolute Gasteiger partial charge is 0.385 e. The second-order valence-corrected chi connectivity index (χ2v) is 5.73. The fraction of sp³-hybridized carbons (Fsp3) is 0.562. The zero-order valence-corrected chi connectivity index (χ0v) is 13.8. The number of halogens is 1. The Kier molecular flexibility index (Phi) is 8.16. The first kappa shape index (κ1) is 17.8. The molecule has 0 spiro atoms. The molecule has 1 rings (SSSR count). The van der Waals surface area contributed by atoms with Crippen molar-refractivity contribution < 1.29 is 9.53 Å². The lowest BCUT2D eigenvalue weighted by Gasteiger charge is -2.12. The Labute approximate surface area is 132 Å². The van der Waals surface area contributed by atoms with Crippen molar-refractivity contribution in [3.8, 4) is 0 Å². The Balaban J connectivity index is 2.42. The molecule has 0 heterocycles. The van der Waals surface area contributed by atoms with Gasteiger partial charge in [-0.05, 0) is 37.5 Å². The molecule has 0 fully saturated rings. The van der Waals surface area contributed by atoms with Crippen LogP contribution in [0.2, 0.25) is 5.02 Å². The monoisotopic (exact) mass is 312 g/mol. The second kappa shape index (κ2) is 9.64. The molecule has 0 aromatic heterocycles. The van der Waals surface area contributed by atoms with Crippen molar-refractivity contribution in [2.45, 2.75) is 27.2 Å². The van der Waals surface area contributed by atoms with Crippen molar-refractivity contribution in [3.05, 3.63) is 28.8 Å². The van der Waals surface area contributed by atoms with E-state index in [1.54, 1.807) is 12.1 Å². The molecule has 0 aliphatic carbocycles. The van der Waals surface area contributed by atoms with Gasteiger partial charge in [0.15, 0.2) is 0 Å². The maximum absolute atomic E-state index is 12.2. The number of hydrogen-bond acceptors (Lipinski definition) is 3. The predicted octanol–water partition coefficient (Wildman–Crippen LogP) is 3.56. The van der Waals surface area contributed by atoms with Gasteiger partial charge in [-0.25, -0.2) is 0 Å². The standard InChI is InChI=1S/C16H25ClN2O2/c1-4-18-15-7-6-13(17)10-14(15)16(20)19-8-5-9-21-11-12(2)3/h6-7,10,12,18H,4-5,8-9,11H2,1-3H3,(H,19,20). The molecule has 4 nitrogen and oxygen atoms in total. The number of rotatable bonds is 9. The van der Waals surface area contributed by atoms with E-state index in [1.807, 2.05) is 13.0 Å². The zero-order valence-electron chi connectivity index (χ0n) is 13.0. The average molecular weight is 313 g/mol. The second-order valence-electron chi connectivity index (χ2n) is 5.30. The quantitative estimate of drug-likeness (QED) is 0.685. The molecule has 0 bridgehead atoms. The van der Waals surface area contributed by atoms with Gasteiger partial charge in [0.1, 0.15) is 0 Å². The van der Waals surface area contributed by atoms with E-state index < -0.39 is 0 Å². The fourth-order valence-electron chi connectivity index (χ4n) is 1.84. The van der Waals surface area contributed by atoms with Crippen LogP contribution >= 0.6 is 11.6 Å². The summed E-state index contributed by atoms with van der Waals surface area (Å²) in [6.07, 6.45) is 0.801. The first-order valence-electron chi connectivity index (χ1n) is 7.44. The molecule has 1 amide bonds. The molecule has 118 valence electrons. The van der Waals surface area contributed by atoms with Crippen LogP contribution in [0.25, 0.3) is 0 Å². The molecule has 0 aliphatic heterocycles. The van der Waals surface area contributed by atoms with Crippen molar-refractivity contribution in [2.75, 3.05) is 31.6 Å². The fourth-order valence-corrected chi connectivity index (χ4v) is 2.01. The van der Waals surface area contributed by atoms with E-state index in [9.17, 15) is 4.79 Å². The minimum absolute atomic E-state index is 0.114. The molecule has 0 unspecified atom stereocenters. The third kappa shape index (κ3) is 6.82. The van der Waals surface area contributed by atoms with Gasteiger partial charge in [-0.2, -0.15) is 0 Å². The van der Waals surface area contributed by atoms with Gasteiger partial charge in [-0.1, -0.05) is 25.4 Å². The van der Waals surface area contributed by atoms with Crippen molar-refractivity contribution in [2.24, 2.45) is 5.92 Å². The van der Waals surface area contributed by atoms with Gasteiger partial charge in [0.25, 0.3) is 5.91 Å². The predicted molar refractivity (Wildman–Crippen MR) is 88.2 cm³/mol. The highest BCUT2D eigenvalue weighted by Crippen LogP contribution is 2.20. The van der Waals surface area contributed by atoms with Crippen molar-refractivity contribution in [1.82, 2.24) is 5.32 Å². The van der Waals surface area contributed by atoms with Crippen LogP contribution in [0.3, 0.4) is 0 Å². The number of ether oxygens (including phenoxy) is 1. The highest BCUT2D eigenvalue weighted by Gasteiger charge is 2.11. The molecule has 21 heavy (non-hydrogen) atoms. The number of carbonyl (C=O) groups excluding carboxylic acids is 1. The summed E-state index contributed by atoms with van der Waals surface area (Å²) >= 11 is 5.97. The number of nitrogens with one attached hydrogen (secondary N) is 2. The number of carbonyl (C=O) groups is 1. The molecule has 0 aliphatic rings. The Morgan fingerprint density at radius 2 is 2.14 bits per heavy atom. The number of anilines is 1. The summed E-state index contributed by atoms with van der Waals surface area (Å²) in [5, 5.41) is 6.62. The third-order valence-electron chi connectivity index (χ3n) is 2.80. The summed E-state index contributed by atoms with van der Waals surface area (Å²) in [5.74, 6) is 0.422. The van der Waals surface area contributed by atoms with Crippen LogP contribution in [0.5, 0.6) is 0 Å². The highest BCUT2D eigenvalue weighted by molar-refractivity contribution is 6.31. The van der Waals surface area contributed by atoms with Gasteiger partial charge in [0, 0.05) is 37.0 Å². The maximum Gasteiger partial charge on any atom is 0.253 e. The molecular formula is C16H25ClN2O2. The van der Waals surface area contributed by atoms with E-state index in [2.05, 4.69) is 24.5 Å². The molecular weight excluding hydrogens is 288 g/mol. The lowest BCUT2D eigenvalue weighted by atomic mass is 10.1. The summed E-state index contributed by atoms with van der Waals surface area (Å²) in [5.41, 5.74) is 1.38. The van der Waals surface area contributed by atoms with Crippen molar-refractivity contribution >= 4 is 23.2 Å². The minimum Gasteiger partial charge on any atom is -0.385 e. The molecule has 0 atom stereocenters. The summed E-state index contributed by atoms with van der Waals surface area (Å²) in [6.45, 7) is 8.98. The van der Waals surface area contributed by atoms with Crippen LogP contribution < -0.4 is 10.6 Å². The number of hydrogen-bond donors (Lipinski definition) is 2. The van der Waals surface area contributed by atoms with Crippen LogP contribution in [-0.2, 0) is 4.74 Å². The number of amides is 1. The first-order valence-corrected chi connectivity index (χ1v) is 7.81. The van der Waals surface area contributed by atoms with Gasteiger partial charge in [0.2, 0.25) is 0 Å². The Morgan fingerprint density at radius 1 is 1.38 bits per heavy atom. The van der Waals surface area contributed by atoms with Gasteiger partial charge in [0.05, 0.1) is 5.56 Å². The lowest BCUT2D eigenvalue weighted by molar-refractivity contribution is 0.0925. The molecule has 2 N–H and O–H groups in total. The molecule has 0 saturated carbocycles. The van der Waals surface area contributed by atoms with E-state index in [4.69, 9.17) is 16.3 Å². The highest BCUT2D eigenvalue weighted by atomic mass is 35.5. The molecule has 0 radical (unpaired) electrons. The van der Waals surface area contributed by atoms with Gasteiger partial charge < -0.3 is 15.4 Å². The zero-order chi connectivity index (χ0) is 15.7. The molecule has 5 heteroatoms. The molecule has 0 saturated heterocycles. The summed E-state index contributed by atoms with van der Waals surface area (Å²) < 4.78 is 5.48. The van der Waals surface area contributed by atoms with E-state index in [0.29, 0.717) is 29.7 Å². The van der Waals surface area contributed by atoms with Crippen LogP contribution in [0.4, 0.5) is 5.69 Å². The molecule has 1 aromatic carbocycles. The normalized spacial score (nSPS) is 10.7. The van der Waals surface area contributed by atoms with Crippen LogP contribution in [0, 0.1) is 5.92 Å². The maximum atomic E-state index is 12.2. The minimum atomic E-state index is -0.114. The van der Waals surface area contributed by atoms with Crippen molar-refractivity contribution in [1.29, 1.82) is 0 Å². The van der Waals surface area contributed by atoms with Crippen molar-refractivity contribution in [3.63, 3.8) is 0 Å². The van der Waals surface area contributed by atoms with E-state index in [-0.39, 0.29) is 5.91 Å². The van der Waals surface area contributed by atoms with Crippen LogP contribution in [-0.4, -0.2) is 32.2 Å². The van der Waals surface area contributed by atoms with Gasteiger partial charge in [-0.3, -0.25) is 4.79 Å². The van der Waals surface area contributed by atoms with Gasteiger partial charge >= 0.3 is 0 Å². The SMILES string of the molecule is CCNc1ccc(Cl)cc1C(=O)NCCCOCC(C)C. The van der Waals surface area contributed by atoms with E-state index in [0.717, 1.165) is 25.3 Å². The summed E-state index contributed by atoms with van der Waals surface area (Å²) in [6, 6.07) is 5.28. The number of benzene rings is 1. The van der Waals surface area contributed by atoms with Crippen LogP contribution in [0.1, 0.15) is 37.6 Å². The lowest BCUT2D eigenvalue weighted by Crippen LogP contribution is -2.26. The van der Waals surface area contributed by atoms with Crippen LogP contribution in [0.15, 0.2) is 18.2 Å². The third-order valence-corrected chi connectivity index (χ3v) is 3.03. The summed E-state index contributed by atoms with van der Waals surface area (Å²) in [7, 11) is 0.